The predicted octanol–water partition coefficient (Wildman–Crippen LogP) is 5.75. The standard InChI is InChI=1S/C19H14BrN3O2S/c1-12-16(21-17(24-12)13-6-3-2-4-7-13)11-26-19-23-22-18(25-19)14-8-5-9-15(20)10-14/h2-10H,11H2,1H3. The summed E-state index contributed by atoms with van der Waals surface area (Å²) in [7, 11) is 0. The summed E-state index contributed by atoms with van der Waals surface area (Å²) in [5.74, 6) is 2.51. The summed E-state index contributed by atoms with van der Waals surface area (Å²) < 4.78 is 12.5. The number of oxazole rings is 1. The lowest BCUT2D eigenvalue weighted by molar-refractivity contribution is 0.465. The number of halogens is 1. The van der Waals surface area contributed by atoms with Crippen molar-refractivity contribution in [1.82, 2.24) is 15.2 Å². The molecule has 0 N–H and O–H groups in total. The lowest BCUT2D eigenvalue weighted by atomic mass is 10.2. The van der Waals surface area contributed by atoms with E-state index in [0.717, 1.165) is 27.1 Å². The Balaban J connectivity index is 1.47. The molecule has 2 aromatic heterocycles. The Morgan fingerprint density at radius 3 is 2.54 bits per heavy atom. The maximum Gasteiger partial charge on any atom is 0.277 e. The second-order valence-corrected chi connectivity index (χ2v) is 7.40. The molecule has 0 radical (unpaired) electrons. The van der Waals surface area contributed by atoms with Crippen molar-refractivity contribution in [2.45, 2.75) is 17.9 Å². The molecule has 5 nitrogen and oxygen atoms in total. The van der Waals surface area contributed by atoms with Gasteiger partial charge in [0.25, 0.3) is 5.22 Å². The summed E-state index contributed by atoms with van der Waals surface area (Å²) in [6, 6.07) is 17.6. The number of aromatic nitrogens is 3. The molecule has 4 rings (SSSR count). The van der Waals surface area contributed by atoms with Crippen molar-refractivity contribution >= 4 is 27.7 Å². The molecule has 0 amide bonds. The van der Waals surface area contributed by atoms with Gasteiger partial charge in [0.05, 0.1) is 5.69 Å². The van der Waals surface area contributed by atoms with Crippen LogP contribution in [0.2, 0.25) is 0 Å². The third-order valence-corrected chi connectivity index (χ3v) is 5.05. The van der Waals surface area contributed by atoms with Crippen LogP contribution in [0.1, 0.15) is 11.5 Å². The number of benzene rings is 2. The van der Waals surface area contributed by atoms with Gasteiger partial charge in [0.15, 0.2) is 0 Å². The lowest BCUT2D eigenvalue weighted by Gasteiger charge is -1.95. The molecule has 0 fully saturated rings. The van der Waals surface area contributed by atoms with Crippen molar-refractivity contribution in [2.24, 2.45) is 0 Å². The van der Waals surface area contributed by atoms with Gasteiger partial charge in [0, 0.05) is 21.4 Å². The fourth-order valence-corrected chi connectivity index (χ4v) is 3.57. The zero-order valence-electron chi connectivity index (χ0n) is 13.8. The first-order chi connectivity index (χ1) is 12.7. The van der Waals surface area contributed by atoms with E-state index in [2.05, 4.69) is 31.1 Å². The fourth-order valence-electron chi connectivity index (χ4n) is 2.40. The van der Waals surface area contributed by atoms with Crippen LogP contribution in [-0.4, -0.2) is 15.2 Å². The molecule has 0 unspecified atom stereocenters. The molecule has 130 valence electrons. The van der Waals surface area contributed by atoms with Crippen LogP contribution >= 0.6 is 27.7 Å². The average Bonchev–Trinajstić information content (AvgIpc) is 3.27. The summed E-state index contributed by atoms with van der Waals surface area (Å²) in [6.07, 6.45) is 0. The molecule has 2 heterocycles. The summed E-state index contributed by atoms with van der Waals surface area (Å²) in [4.78, 5) is 4.59. The topological polar surface area (TPSA) is 65.0 Å². The molecule has 26 heavy (non-hydrogen) atoms. The molecule has 0 saturated carbocycles. The number of rotatable bonds is 5. The quantitative estimate of drug-likeness (QED) is 0.377. The van der Waals surface area contributed by atoms with Gasteiger partial charge in [-0.2, -0.15) is 0 Å². The largest absolute Gasteiger partial charge is 0.441 e. The number of thioether (sulfide) groups is 1. The van der Waals surface area contributed by atoms with Crippen LogP contribution in [0, 0.1) is 6.92 Å². The maximum atomic E-state index is 5.78. The molecule has 0 bridgehead atoms. The van der Waals surface area contributed by atoms with Crippen LogP contribution in [0.5, 0.6) is 0 Å². The lowest BCUT2D eigenvalue weighted by Crippen LogP contribution is -1.84. The van der Waals surface area contributed by atoms with Gasteiger partial charge in [-0.25, -0.2) is 4.98 Å². The zero-order chi connectivity index (χ0) is 17.9. The van der Waals surface area contributed by atoms with Gasteiger partial charge in [-0.15, -0.1) is 10.2 Å². The molecule has 7 heteroatoms. The Kier molecular flexibility index (Phi) is 4.90. The van der Waals surface area contributed by atoms with E-state index in [1.165, 1.54) is 11.8 Å². The van der Waals surface area contributed by atoms with Gasteiger partial charge in [-0.1, -0.05) is 52.0 Å². The Hall–Kier alpha value is -2.38. The van der Waals surface area contributed by atoms with E-state index in [9.17, 15) is 0 Å². The van der Waals surface area contributed by atoms with Gasteiger partial charge >= 0.3 is 0 Å². The van der Waals surface area contributed by atoms with Crippen LogP contribution in [-0.2, 0) is 5.75 Å². The maximum absolute atomic E-state index is 5.78. The second-order valence-electron chi connectivity index (χ2n) is 5.56. The monoisotopic (exact) mass is 427 g/mol. The van der Waals surface area contributed by atoms with Crippen molar-refractivity contribution in [3.8, 4) is 22.9 Å². The van der Waals surface area contributed by atoms with Crippen molar-refractivity contribution in [3.05, 3.63) is 70.5 Å². The number of hydrogen-bond acceptors (Lipinski definition) is 6. The van der Waals surface area contributed by atoms with Crippen molar-refractivity contribution < 1.29 is 8.83 Å². The number of hydrogen-bond donors (Lipinski definition) is 0. The van der Waals surface area contributed by atoms with E-state index in [1.807, 2.05) is 61.5 Å². The molecule has 0 aliphatic heterocycles. The fraction of sp³-hybridized carbons (Fsp3) is 0.105. The van der Waals surface area contributed by atoms with Gasteiger partial charge in [0.1, 0.15) is 5.76 Å². The minimum absolute atomic E-state index is 0.496. The number of nitrogens with zero attached hydrogens (tertiary/aromatic N) is 3. The summed E-state index contributed by atoms with van der Waals surface area (Å²) >= 11 is 4.88. The van der Waals surface area contributed by atoms with Crippen LogP contribution in [0.3, 0.4) is 0 Å². The molecule has 2 aromatic carbocycles. The summed E-state index contributed by atoms with van der Waals surface area (Å²) in [6.45, 7) is 1.91. The first kappa shape index (κ1) is 17.1. The Morgan fingerprint density at radius 1 is 0.923 bits per heavy atom. The SMILES string of the molecule is Cc1oc(-c2ccccc2)nc1CSc1nnc(-c2cccc(Br)c2)o1. The van der Waals surface area contributed by atoms with Crippen molar-refractivity contribution in [1.29, 1.82) is 0 Å². The van der Waals surface area contributed by atoms with Crippen LogP contribution < -0.4 is 0 Å². The smallest absolute Gasteiger partial charge is 0.277 e. The van der Waals surface area contributed by atoms with E-state index >= 15 is 0 Å². The minimum atomic E-state index is 0.496. The van der Waals surface area contributed by atoms with Gasteiger partial charge in [0.2, 0.25) is 11.8 Å². The van der Waals surface area contributed by atoms with Crippen molar-refractivity contribution in [3.63, 3.8) is 0 Å². The molecular weight excluding hydrogens is 414 g/mol. The highest BCUT2D eigenvalue weighted by atomic mass is 79.9. The van der Waals surface area contributed by atoms with Gasteiger partial charge in [-0.05, 0) is 37.3 Å². The normalized spacial score (nSPS) is 11.0. The van der Waals surface area contributed by atoms with E-state index in [0.29, 0.717) is 22.8 Å². The minimum Gasteiger partial charge on any atom is -0.441 e. The van der Waals surface area contributed by atoms with Crippen molar-refractivity contribution in [2.75, 3.05) is 0 Å². The summed E-state index contributed by atoms with van der Waals surface area (Å²) in [5.41, 5.74) is 2.71. The van der Waals surface area contributed by atoms with E-state index < -0.39 is 0 Å². The Bertz CT molecular complexity index is 1030. The van der Waals surface area contributed by atoms with E-state index in [-0.39, 0.29) is 0 Å². The zero-order valence-corrected chi connectivity index (χ0v) is 16.3. The van der Waals surface area contributed by atoms with E-state index in [1.54, 1.807) is 0 Å². The molecule has 0 aliphatic carbocycles. The molecular formula is C19H14BrN3O2S. The van der Waals surface area contributed by atoms with Crippen LogP contribution in [0.15, 0.2) is 73.1 Å². The highest BCUT2D eigenvalue weighted by molar-refractivity contribution is 9.10. The van der Waals surface area contributed by atoms with Crippen LogP contribution in [0.25, 0.3) is 22.9 Å². The highest BCUT2D eigenvalue weighted by Gasteiger charge is 2.14. The summed E-state index contributed by atoms with van der Waals surface area (Å²) in [5, 5.41) is 8.72. The highest BCUT2D eigenvalue weighted by Crippen LogP contribution is 2.29. The average molecular weight is 428 g/mol. The third-order valence-electron chi connectivity index (χ3n) is 3.72. The van der Waals surface area contributed by atoms with Gasteiger partial charge < -0.3 is 8.83 Å². The molecule has 0 atom stereocenters. The molecule has 0 saturated heterocycles. The Morgan fingerprint density at radius 2 is 1.73 bits per heavy atom. The van der Waals surface area contributed by atoms with E-state index in [4.69, 9.17) is 8.83 Å². The first-order valence-corrected chi connectivity index (χ1v) is 9.71. The number of aryl methyl sites for hydroxylation is 1. The molecule has 0 spiro atoms. The molecule has 0 aliphatic rings. The van der Waals surface area contributed by atoms with Gasteiger partial charge in [-0.3, -0.25) is 0 Å². The van der Waals surface area contributed by atoms with Crippen LogP contribution in [0.4, 0.5) is 0 Å². The Labute approximate surface area is 163 Å². The second kappa shape index (κ2) is 7.47. The predicted molar refractivity (Wildman–Crippen MR) is 104 cm³/mol. The first-order valence-electron chi connectivity index (χ1n) is 7.93. The molecule has 4 aromatic rings. The third kappa shape index (κ3) is 3.73.